The Kier molecular flexibility index (Phi) is 11.8. The third kappa shape index (κ3) is 8.37. The van der Waals surface area contributed by atoms with Gasteiger partial charge in [0.2, 0.25) is 0 Å². The van der Waals surface area contributed by atoms with E-state index in [0.29, 0.717) is 43.6 Å². The minimum absolute atomic E-state index is 0.0414. The van der Waals surface area contributed by atoms with Gasteiger partial charge in [0.15, 0.2) is 5.82 Å². The maximum atomic E-state index is 12.4. The highest BCUT2D eigenvalue weighted by atomic mass is 32.2. The molecule has 1 fully saturated rings. The molecule has 1 atom stereocenters. The molecule has 1 aromatic rings. The maximum Gasteiger partial charge on any atom is 0.410 e. The first-order valence-electron chi connectivity index (χ1n) is 11.3. The molecule has 1 aliphatic rings. The van der Waals surface area contributed by atoms with E-state index in [1.54, 1.807) is 11.0 Å². The number of aromatic nitrogens is 3. The average Bonchev–Trinajstić information content (AvgIpc) is 3.26. The van der Waals surface area contributed by atoms with Crippen LogP contribution in [0.15, 0.2) is 49.1 Å². The number of nitrogens with zero attached hydrogens (tertiary/aromatic N) is 4. The summed E-state index contributed by atoms with van der Waals surface area (Å²) >= 11 is 1.85. The van der Waals surface area contributed by atoms with Crippen LogP contribution in [-0.4, -0.2) is 70.2 Å². The van der Waals surface area contributed by atoms with Crippen LogP contribution in [0.25, 0.3) is 11.8 Å². The first-order chi connectivity index (χ1) is 16.0. The van der Waals surface area contributed by atoms with Gasteiger partial charge in [-0.2, -0.15) is 11.8 Å². The molecule has 2 rings (SSSR count). The van der Waals surface area contributed by atoms with E-state index in [-0.39, 0.29) is 18.6 Å². The zero-order chi connectivity index (χ0) is 24.1. The molecule has 0 aromatic carbocycles. The molecule has 0 aliphatic carbocycles. The van der Waals surface area contributed by atoms with Crippen LogP contribution in [0.2, 0.25) is 0 Å². The molecule has 8 heteroatoms. The largest absolute Gasteiger partial charge is 0.443 e. The van der Waals surface area contributed by atoms with Crippen molar-refractivity contribution in [1.82, 2.24) is 19.7 Å². The lowest BCUT2D eigenvalue weighted by Gasteiger charge is -2.26. The summed E-state index contributed by atoms with van der Waals surface area (Å²) in [4.78, 5) is 14.1. The third-order valence-corrected chi connectivity index (χ3v) is 5.94. The SMILES string of the molecule is C=C/C(=C\C=C/CC)COCC(C)c1nnc(/C=C\C)n1C(=C)COC(=O)N1CCSCC1. The summed E-state index contributed by atoms with van der Waals surface area (Å²) in [6.45, 7) is 16.4. The van der Waals surface area contributed by atoms with Crippen LogP contribution in [0.4, 0.5) is 4.79 Å². The minimum atomic E-state index is -0.309. The molecule has 0 spiro atoms. The Balaban J connectivity index is 2.03. The predicted octanol–water partition coefficient (Wildman–Crippen LogP) is 5.17. The van der Waals surface area contributed by atoms with Crippen molar-refractivity contribution < 1.29 is 14.3 Å². The zero-order valence-corrected chi connectivity index (χ0v) is 20.9. The van der Waals surface area contributed by atoms with Crippen LogP contribution >= 0.6 is 11.8 Å². The number of rotatable bonds is 12. The third-order valence-electron chi connectivity index (χ3n) is 5.00. The fraction of sp³-hybridized carbons (Fsp3) is 0.480. The lowest BCUT2D eigenvalue weighted by atomic mass is 10.1. The van der Waals surface area contributed by atoms with Crippen LogP contribution in [0.1, 0.15) is 44.8 Å². The van der Waals surface area contributed by atoms with Crippen LogP contribution in [0.3, 0.4) is 0 Å². The summed E-state index contributed by atoms with van der Waals surface area (Å²) in [7, 11) is 0. The Morgan fingerprint density at radius 2 is 2.03 bits per heavy atom. The fourth-order valence-corrected chi connectivity index (χ4v) is 4.09. The number of thioether (sulfide) groups is 1. The Hall–Kier alpha value is -2.58. The smallest absolute Gasteiger partial charge is 0.410 e. The average molecular weight is 473 g/mol. The summed E-state index contributed by atoms with van der Waals surface area (Å²) in [5.74, 6) is 3.19. The van der Waals surface area contributed by atoms with E-state index in [1.807, 2.05) is 54.5 Å². The summed E-state index contributed by atoms with van der Waals surface area (Å²) in [6.07, 6.45) is 12.3. The molecule has 1 aromatic heterocycles. The van der Waals surface area contributed by atoms with Gasteiger partial charge in [-0.25, -0.2) is 4.79 Å². The molecule has 33 heavy (non-hydrogen) atoms. The van der Waals surface area contributed by atoms with Crippen LogP contribution < -0.4 is 0 Å². The van der Waals surface area contributed by atoms with Crippen molar-refractivity contribution in [3.8, 4) is 0 Å². The van der Waals surface area contributed by atoms with Crippen LogP contribution in [0.5, 0.6) is 0 Å². The molecule has 1 amide bonds. The molecular weight excluding hydrogens is 436 g/mol. The van der Waals surface area contributed by atoms with Crippen molar-refractivity contribution >= 4 is 29.6 Å². The lowest BCUT2D eigenvalue weighted by Crippen LogP contribution is -2.38. The quantitative estimate of drug-likeness (QED) is 0.391. The van der Waals surface area contributed by atoms with Gasteiger partial charge in [-0.1, -0.05) is 57.4 Å². The maximum absolute atomic E-state index is 12.4. The van der Waals surface area contributed by atoms with Crippen molar-refractivity contribution in [3.63, 3.8) is 0 Å². The molecule has 180 valence electrons. The Morgan fingerprint density at radius 3 is 2.70 bits per heavy atom. The monoisotopic (exact) mass is 472 g/mol. The highest BCUT2D eigenvalue weighted by Crippen LogP contribution is 2.21. The molecular formula is C25H36N4O3S. The van der Waals surface area contributed by atoms with Gasteiger partial charge in [0.05, 0.1) is 18.9 Å². The van der Waals surface area contributed by atoms with Crippen molar-refractivity contribution in [2.45, 2.75) is 33.1 Å². The molecule has 7 nitrogen and oxygen atoms in total. The van der Waals surface area contributed by atoms with Gasteiger partial charge in [0.25, 0.3) is 0 Å². The summed E-state index contributed by atoms with van der Waals surface area (Å²) in [6, 6.07) is 0. The first kappa shape index (κ1) is 26.7. The fourth-order valence-electron chi connectivity index (χ4n) is 3.19. The van der Waals surface area contributed by atoms with E-state index in [1.165, 1.54) is 0 Å². The molecule has 0 bridgehead atoms. The van der Waals surface area contributed by atoms with E-state index in [2.05, 4.69) is 36.4 Å². The Bertz CT molecular complexity index is 882. The summed E-state index contributed by atoms with van der Waals surface area (Å²) < 4.78 is 13.3. The van der Waals surface area contributed by atoms with Crippen molar-refractivity contribution in [3.05, 3.63) is 60.8 Å². The number of ether oxygens (including phenoxy) is 2. The summed E-state index contributed by atoms with van der Waals surface area (Å²) in [5, 5.41) is 8.67. The number of carbonyl (C=O) groups is 1. The van der Waals surface area contributed by atoms with Gasteiger partial charge < -0.3 is 14.4 Å². The number of hydrogen-bond acceptors (Lipinski definition) is 6. The summed E-state index contributed by atoms with van der Waals surface area (Å²) in [5.41, 5.74) is 1.61. The molecule has 1 saturated heterocycles. The zero-order valence-electron chi connectivity index (χ0n) is 20.0. The molecule has 0 N–H and O–H groups in total. The van der Waals surface area contributed by atoms with Crippen molar-refractivity contribution in [2.24, 2.45) is 0 Å². The minimum Gasteiger partial charge on any atom is -0.443 e. The van der Waals surface area contributed by atoms with E-state index in [0.717, 1.165) is 23.5 Å². The molecule has 1 aliphatic heterocycles. The van der Waals surface area contributed by atoms with E-state index in [9.17, 15) is 4.79 Å². The van der Waals surface area contributed by atoms with E-state index in [4.69, 9.17) is 9.47 Å². The normalized spacial score (nSPS) is 15.8. The van der Waals surface area contributed by atoms with E-state index >= 15 is 0 Å². The predicted molar refractivity (Wildman–Crippen MR) is 137 cm³/mol. The van der Waals surface area contributed by atoms with Crippen molar-refractivity contribution in [1.29, 1.82) is 0 Å². The Morgan fingerprint density at radius 1 is 1.27 bits per heavy atom. The second-order valence-corrected chi connectivity index (χ2v) is 8.90. The highest BCUT2D eigenvalue weighted by molar-refractivity contribution is 7.99. The van der Waals surface area contributed by atoms with Crippen LogP contribution in [0, 0.1) is 0 Å². The molecule has 0 radical (unpaired) electrons. The topological polar surface area (TPSA) is 69.5 Å². The molecule has 1 unspecified atom stereocenters. The molecule has 2 heterocycles. The van der Waals surface area contributed by atoms with Gasteiger partial charge in [0.1, 0.15) is 12.4 Å². The highest BCUT2D eigenvalue weighted by Gasteiger charge is 2.22. The second-order valence-electron chi connectivity index (χ2n) is 7.67. The first-order valence-corrected chi connectivity index (χ1v) is 12.5. The van der Waals surface area contributed by atoms with Gasteiger partial charge in [0, 0.05) is 30.5 Å². The molecule has 0 saturated carbocycles. The number of carbonyl (C=O) groups excluding carboxylic acids is 1. The van der Waals surface area contributed by atoms with Crippen molar-refractivity contribution in [2.75, 3.05) is 44.4 Å². The number of amides is 1. The van der Waals surface area contributed by atoms with Gasteiger partial charge >= 0.3 is 6.09 Å². The standard InChI is InChI=1S/C25H36N4O3S/c1-6-9-10-12-22(8-3)19-31-17-20(4)24-27-26-23(11-7-2)29(24)21(5)18-32-25(30)28-13-15-33-16-14-28/h7-12,20H,3,5-6,13-19H2,1-2,4H3/b10-9-,11-7-,22-12+. The number of hydrogen-bond donors (Lipinski definition) is 0. The van der Waals surface area contributed by atoms with Gasteiger partial charge in [-0.15, -0.1) is 10.2 Å². The number of allylic oxidation sites excluding steroid dienone is 4. The lowest BCUT2D eigenvalue weighted by molar-refractivity contribution is 0.117. The second kappa shape index (κ2) is 14.5. The van der Waals surface area contributed by atoms with Gasteiger partial charge in [-0.05, 0) is 25.0 Å². The Labute approximate surface area is 201 Å². The van der Waals surface area contributed by atoms with Gasteiger partial charge in [-0.3, -0.25) is 4.57 Å². The van der Waals surface area contributed by atoms with Crippen LogP contribution in [-0.2, 0) is 9.47 Å². The van der Waals surface area contributed by atoms with E-state index < -0.39 is 0 Å².